The minimum atomic E-state index is -4.34. The summed E-state index contributed by atoms with van der Waals surface area (Å²) in [4.78, 5) is 23.5. The Bertz CT molecular complexity index is 1660. The summed E-state index contributed by atoms with van der Waals surface area (Å²) in [6, 6.07) is -0.774. The number of nitrogens with one attached hydrogen (secondary N) is 1. The average Bonchev–Trinajstić information content (AvgIpc) is 3.47. The van der Waals surface area contributed by atoms with Crippen molar-refractivity contribution in [2.45, 2.75) is 321 Å². The van der Waals surface area contributed by atoms with Crippen molar-refractivity contribution < 1.29 is 32.9 Å². The molecule has 0 aliphatic carbocycles. The van der Waals surface area contributed by atoms with E-state index in [9.17, 15) is 19.4 Å². The predicted octanol–water partition coefficient (Wildman–Crippen LogP) is 22.1. The maximum Gasteiger partial charge on any atom is 0.472 e. The maximum atomic E-state index is 13.1. The molecule has 0 bridgehead atoms. The smallest absolute Gasteiger partial charge is 0.391 e. The Morgan fingerprint density at radius 2 is 0.732 bits per heavy atom. The molecule has 0 saturated heterocycles. The highest BCUT2D eigenvalue weighted by atomic mass is 31.2. The van der Waals surface area contributed by atoms with Gasteiger partial charge in [-0.2, -0.15) is 0 Å². The van der Waals surface area contributed by atoms with Crippen LogP contribution in [0, 0.1) is 0 Å². The number of nitrogens with zero attached hydrogens (tertiary/aromatic N) is 1. The molecule has 3 N–H and O–H groups in total. The number of rotatable bonds is 63. The number of unbranched alkanes of at least 4 members (excludes halogenated alkanes) is 34. The van der Waals surface area contributed by atoms with Crippen molar-refractivity contribution in [2.75, 3.05) is 40.9 Å². The second-order valence-electron chi connectivity index (χ2n) is 24.5. The van der Waals surface area contributed by atoms with Gasteiger partial charge in [0.1, 0.15) is 13.2 Å². The normalized spacial score (nSPS) is 14.3. The molecule has 0 heterocycles. The lowest BCUT2D eigenvalue weighted by Crippen LogP contribution is -2.46. The van der Waals surface area contributed by atoms with Crippen LogP contribution in [0.3, 0.4) is 0 Å². The van der Waals surface area contributed by atoms with Crippen molar-refractivity contribution in [1.29, 1.82) is 0 Å². The van der Waals surface area contributed by atoms with Gasteiger partial charge in [-0.05, 0) is 77.0 Å². The van der Waals surface area contributed by atoms with Crippen LogP contribution in [-0.4, -0.2) is 73.4 Å². The van der Waals surface area contributed by atoms with Gasteiger partial charge in [0, 0.05) is 6.42 Å². The summed E-state index contributed by atoms with van der Waals surface area (Å²) in [5.74, 6) is -0.153. The van der Waals surface area contributed by atoms with Gasteiger partial charge in [0.05, 0.1) is 39.9 Å². The van der Waals surface area contributed by atoms with E-state index in [0.717, 1.165) is 96.3 Å². The Balaban J connectivity index is 4.12. The number of quaternary nitrogens is 1. The zero-order chi connectivity index (χ0) is 59.8. The monoisotopic (exact) mass is 1170 g/mol. The minimum Gasteiger partial charge on any atom is -0.391 e. The van der Waals surface area contributed by atoms with E-state index in [1.165, 1.54) is 186 Å². The molecule has 0 aliphatic heterocycles. The van der Waals surface area contributed by atoms with Crippen LogP contribution in [0.1, 0.15) is 309 Å². The molecule has 0 spiro atoms. The zero-order valence-electron chi connectivity index (χ0n) is 54.5. The number of phosphoric ester groups is 1. The largest absolute Gasteiger partial charge is 0.472 e. The van der Waals surface area contributed by atoms with Gasteiger partial charge in [-0.25, -0.2) is 4.57 Å². The highest BCUT2D eigenvalue weighted by molar-refractivity contribution is 7.47. The molecule has 8 nitrogen and oxygen atoms in total. The molecule has 0 rings (SSSR count). The molecule has 0 aromatic rings. The van der Waals surface area contributed by atoms with E-state index in [2.05, 4.69) is 116 Å². The first-order valence-corrected chi connectivity index (χ1v) is 36.1. The van der Waals surface area contributed by atoms with Crippen LogP contribution in [0.25, 0.3) is 0 Å². The van der Waals surface area contributed by atoms with Crippen LogP contribution in [0.5, 0.6) is 0 Å². The van der Waals surface area contributed by atoms with E-state index in [0.29, 0.717) is 23.9 Å². The van der Waals surface area contributed by atoms with Gasteiger partial charge in [0.25, 0.3) is 0 Å². The molecule has 0 saturated carbocycles. The fourth-order valence-corrected chi connectivity index (χ4v) is 10.7. The molecule has 3 unspecified atom stereocenters. The van der Waals surface area contributed by atoms with Crippen molar-refractivity contribution >= 4 is 13.7 Å². The number of amides is 1. The number of allylic oxidation sites excluding steroid dienone is 16. The Kier molecular flexibility index (Phi) is 61.0. The van der Waals surface area contributed by atoms with E-state index in [1.807, 2.05) is 21.1 Å². The van der Waals surface area contributed by atoms with Crippen LogP contribution in [-0.2, 0) is 18.4 Å². The van der Waals surface area contributed by atoms with Gasteiger partial charge >= 0.3 is 7.82 Å². The zero-order valence-corrected chi connectivity index (χ0v) is 55.4. The van der Waals surface area contributed by atoms with Crippen molar-refractivity contribution in [2.24, 2.45) is 0 Å². The summed E-state index contributed by atoms with van der Waals surface area (Å²) >= 11 is 0. The highest BCUT2D eigenvalue weighted by Gasteiger charge is 2.28. The van der Waals surface area contributed by atoms with E-state index in [-0.39, 0.29) is 19.1 Å². The van der Waals surface area contributed by atoms with Gasteiger partial charge in [-0.3, -0.25) is 13.8 Å². The summed E-state index contributed by atoms with van der Waals surface area (Å²) in [5, 5.41) is 14.1. The molecule has 0 aromatic heterocycles. The Morgan fingerprint density at radius 3 is 1.07 bits per heavy atom. The second kappa shape index (κ2) is 62.9. The first-order chi connectivity index (χ1) is 40.0. The molecule has 82 heavy (non-hydrogen) atoms. The van der Waals surface area contributed by atoms with Gasteiger partial charge in [-0.1, -0.05) is 323 Å². The summed E-state index contributed by atoms with van der Waals surface area (Å²) in [5.41, 5.74) is 0. The van der Waals surface area contributed by atoms with E-state index >= 15 is 0 Å². The summed E-state index contributed by atoms with van der Waals surface area (Å²) in [6.45, 7) is 4.80. The number of carbonyl (C=O) groups is 1. The number of hydrogen-bond donors (Lipinski definition) is 3. The Morgan fingerprint density at radius 1 is 0.427 bits per heavy atom. The van der Waals surface area contributed by atoms with E-state index in [4.69, 9.17) is 9.05 Å². The van der Waals surface area contributed by atoms with Crippen LogP contribution in [0.4, 0.5) is 0 Å². The minimum absolute atomic E-state index is 0.0690. The molecule has 0 radical (unpaired) electrons. The van der Waals surface area contributed by atoms with Gasteiger partial charge in [0.15, 0.2) is 0 Å². The molecule has 3 atom stereocenters. The molecule has 0 aromatic carbocycles. The first-order valence-electron chi connectivity index (χ1n) is 34.6. The number of aliphatic hydroxyl groups excluding tert-OH is 1. The fraction of sp³-hybridized carbons (Fsp3) is 0.767. The highest BCUT2D eigenvalue weighted by Crippen LogP contribution is 2.43. The van der Waals surface area contributed by atoms with Crippen molar-refractivity contribution in [3.05, 3.63) is 97.2 Å². The summed E-state index contributed by atoms with van der Waals surface area (Å²) in [7, 11) is 1.61. The lowest BCUT2D eigenvalue weighted by atomic mass is 10.0. The van der Waals surface area contributed by atoms with Crippen molar-refractivity contribution in [3.63, 3.8) is 0 Å². The molecule has 476 valence electrons. The topological polar surface area (TPSA) is 105 Å². The molecule has 0 fully saturated rings. The van der Waals surface area contributed by atoms with Crippen LogP contribution in [0.2, 0.25) is 0 Å². The lowest BCUT2D eigenvalue weighted by Gasteiger charge is -2.26. The number of aliphatic hydroxyl groups is 1. The molecule has 0 aliphatic rings. The second-order valence-corrected chi connectivity index (χ2v) is 26.0. The molecular formula is C73H134N2O6P+. The van der Waals surface area contributed by atoms with E-state index in [1.54, 1.807) is 0 Å². The predicted molar refractivity (Wildman–Crippen MR) is 359 cm³/mol. The molecule has 9 heteroatoms. The maximum absolute atomic E-state index is 13.1. The fourth-order valence-electron chi connectivity index (χ4n) is 10.0. The van der Waals surface area contributed by atoms with Crippen LogP contribution >= 0.6 is 7.82 Å². The standard InChI is InChI=1S/C73H133N2O6P/c1-6-8-10-12-14-16-18-20-22-24-26-28-30-32-34-35-36-37-38-39-41-43-45-47-49-51-53-55-57-59-61-63-65-67-73(77)74-71(70-81-82(78,79)80-69-68-75(3,4)5)72(76)66-64-62-60-58-56-54-52-50-48-46-44-42-40-33-31-29-27-25-23-21-19-17-15-13-11-9-7-2/h8,10,14,16,20,22,26,28,32,34,36-37,39,41,45,47,71-72,76H,6-7,9,11-13,15,17-19,21,23-25,27,29-31,33,35,38,40,42-44,46,48-70H2,1-5H3,(H-,74,77,78,79)/p+1/b10-8-,16-14-,22-20-,28-26-,34-32-,37-36-,41-39-,47-45-. The number of phosphoric acid groups is 1. The van der Waals surface area contributed by atoms with Gasteiger partial charge in [-0.15, -0.1) is 0 Å². The number of hydrogen-bond acceptors (Lipinski definition) is 5. The summed E-state index contributed by atoms with van der Waals surface area (Å²) in [6.07, 6.45) is 90.7. The third-order valence-corrected chi connectivity index (χ3v) is 16.3. The SMILES string of the molecule is CC/C=C\C/C=C\C/C=C\C/C=C\C/C=C\C/C=C\C/C=C\C/C=C\CCCCCCCCCCC(=O)NC(COP(=O)(O)OCC[N+](C)(C)C)C(O)CCCCCCCCCCCCCCCCCCCCCCCCCCCCC. The first kappa shape index (κ1) is 79.4. The molecular weight excluding hydrogens is 1030 g/mol. The third-order valence-electron chi connectivity index (χ3n) is 15.3. The van der Waals surface area contributed by atoms with Crippen molar-refractivity contribution in [1.82, 2.24) is 5.32 Å². The van der Waals surface area contributed by atoms with E-state index < -0.39 is 20.0 Å². The van der Waals surface area contributed by atoms with Gasteiger partial charge < -0.3 is 19.8 Å². The van der Waals surface area contributed by atoms with Crippen LogP contribution < -0.4 is 5.32 Å². The average molecular weight is 1170 g/mol. The Hall–Kier alpha value is -2.58. The number of likely N-dealkylation sites (N-methyl/N-ethyl adjacent to an activating group) is 1. The number of carbonyl (C=O) groups excluding carboxylic acids is 1. The molecule has 1 amide bonds. The van der Waals surface area contributed by atoms with Crippen molar-refractivity contribution in [3.8, 4) is 0 Å². The third kappa shape index (κ3) is 65.0. The summed E-state index contributed by atoms with van der Waals surface area (Å²) < 4.78 is 23.9. The van der Waals surface area contributed by atoms with Crippen LogP contribution in [0.15, 0.2) is 97.2 Å². The van der Waals surface area contributed by atoms with Gasteiger partial charge in [0.2, 0.25) is 5.91 Å². The lowest BCUT2D eigenvalue weighted by molar-refractivity contribution is -0.870. The Labute approximate surface area is 509 Å². The quantitative estimate of drug-likeness (QED) is 0.0243.